The number of carboxylic acid groups (broad SMARTS) is 1. The van der Waals surface area contributed by atoms with Crippen LogP contribution in [0.25, 0.3) is 16.6 Å². The van der Waals surface area contributed by atoms with E-state index in [9.17, 15) is 14.3 Å². The monoisotopic (exact) mass is 591 g/mol. The number of benzene rings is 2. The molecule has 2 aromatic carbocycles. The summed E-state index contributed by atoms with van der Waals surface area (Å²) < 4.78 is 41.2. The lowest BCUT2D eigenvalue weighted by atomic mass is 9.99. The molecule has 7 rings (SSSR count). The van der Waals surface area contributed by atoms with E-state index in [1.807, 2.05) is 29.7 Å². The van der Waals surface area contributed by atoms with Crippen LogP contribution in [0.4, 0.5) is 4.39 Å². The van der Waals surface area contributed by atoms with Crippen LogP contribution in [0.2, 0.25) is 5.02 Å². The van der Waals surface area contributed by atoms with Gasteiger partial charge in [-0.25, -0.2) is 14.2 Å². The zero-order chi connectivity index (χ0) is 29.0. The number of aromatic nitrogens is 3. The van der Waals surface area contributed by atoms with Crippen molar-refractivity contribution in [1.29, 1.82) is 0 Å². The molecule has 0 aliphatic carbocycles. The fourth-order valence-electron chi connectivity index (χ4n) is 5.62. The second-order valence-electron chi connectivity index (χ2n) is 10.8. The highest BCUT2D eigenvalue weighted by atomic mass is 35.5. The smallest absolute Gasteiger partial charge is 0.335 e. The number of carbonyl (C=O) groups is 1. The molecule has 2 aromatic heterocycles. The largest absolute Gasteiger partial charge is 0.478 e. The predicted molar refractivity (Wildman–Crippen MR) is 151 cm³/mol. The molecule has 0 radical (unpaired) electrons. The fourth-order valence-corrected chi connectivity index (χ4v) is 5.73. The number of carboxylic acids is 1. The van der Waals surface area contributed by atoms with Crippen LogP contribution >= 0.6 is 11.6 Å². The van der Waals surface area contributed by atoms with Gasteiger partial charge in [0.25, 0.3) is 5.79 Å². The highest BCUT2D eigenvalue weighted by Gasteiger charge is 2.41. The molecule has 42 heavy (non-hydrogen) atoms. The Balaban J connectivity index is 1.13. The first-order valence-electron chi connectivity index (χ1n) is 13.7. The van der Waals surface area contributed by atoms with Crippen LogP contribution in [0.15, 0.2) is 54.7 Å². The summed E-state index contributed by atoms with van der Waals surface area (Å²) in [5.41, 5.74) is 2.92. The van der Waals surface area contributed by atoms with E-state index >= 15 is 0 Å². The molecule has 1 fully saturated rings. The van der Waals surface area contributed by atoms with Crippen molar-refractivity contribution in [3.8, 4) is 11.5 Å². The van der Waals surface area contributed by atoms with Gasteiger partial charge in [0.15, 0.2) is 17.3 Å². The molecule has 0 amide bonds. The van der Waals surface area contributed by atoms with Gasteiger partial charge in [0.2, 0.25) is 0 Å². The van der Waals surface area contributed by atoms with E-state index in [0.717, 1.165) is 23.6 Å². The van der Waals surface area contributed by atoms with Crippen LogP contribution in [0.1, 0.15) is 47.2 Å². The van der Waals surface area contributed by atoms with Crippen LogP contribution in [-0.4, -0.2) is 51.0 Å². The van der Waals surface area contributed by atoms with E-state index in [1.54, 1.807) is 18.3 Å². The lowest BCUT2D eigenvalue weighted by molar-refractivity contribution is -0.0719. The number of aromatic carboxylic acids is 1. The highest BCUT2D eigenvalue weighted by molar-refractivity contribution is 6.30. The summed E-state index contributed by atoms with van der Waals surface area (Å²) in [6, 6.07) is 11.8. The molecule has 216 valence electrons. The van der Waals surface area contributed by atoms with Gasteiger partial charge in [0, 0.05) is 31.7 Å². The topological polar surface area (TPSA) is 105 Å². The van der Waals surface area contributed by atoms with Crippen LogP contribution in [0.5, 0.6) is 11.5 Å². The van der Waals surface area contributed by atoms with E-state index in [4.69, 9.17) is 30.5 Å². The van der Waals surface area contributed by atoms with Gasteiger partial charge in [-0.2, -0.15) is 0 Å². The molecular weight excluding hydrogens is 565 g/mol. The second kappa shape index (κ2) is 10.4. The Bertz CT molecular complexity index is 1740. The molecule has 3 atom stereocenters. The molecule has 1 N–H and O–H groups in total. The Morgan fingerprint density at radius 2 is 2.05 bits per heavy atom. The average molecular weight is 592 g/mol. The summed E-state index contributed by atoms with van der Waals surface area (Å²) in [5.74, 6) is -1.08. The molecule has 4 aromatic rings. The van der Waals surface area contributed by atoms with Gasteiger partial charge in [0.05, 0.1) is 41.5 Å². The van der Waals surface area contributed by atoms with Gasteiger partial charge in [-0.05, 0) is 48.7 Å². The van der Waals surface area contributed by atoms with Gasteiger partial charge in [-0.15, -0.1) is 0 Å². The summed E-state index contributed by atoms with van der Waals surface area (Å²) >= 11 is 6.01. The SMILES string of the molecule is C[C@]1(c2ccc(Cl)cn2)Oc2cccc(C3=CC[C@H](Cc4nc5c(F)cc(C(=O)O)cc5n4C[C@@H]4CCO4)OC3)c2O1. The van der Waals surface area contributed by atoms with Crippen molar-refractivity contribution in [1.82, 2.24) is 14.5 Å². The Kier molecular flexibility index (Phi) is 6.64. The average Bonchev–Trinajstić information content (AvgIpc) is 3.49. The van der Waals surface area contributed by atoms with E-state index in [-0.39, 0.29) is 23.3 Å². The number of nitrogens with zero attached hydrogens (tertiary/aromatic N) is 3. The number of halogens is 2. The highest BCUT2D eigenvalue weighted by Crippen LogP contribution is 2.48. The van der Waals surface area contributed by atoms with Crippen molar-refractivity contribution in [3.05, 3.63) is 88.2 Å². The van der Waals surface area contributed by atoms with Gasteiger partial charge >= 0.3 is 5.97 Å². The number of imidazole rings is 1. The quantitative estimate of drug-likeness (QED) is 0.289. The first kappa shape index (κ1) is 26.9. The van der Waals surface area contributed by atoms with Crippen LogP contribution in [-0.2, 0) is 28.2 Å². The Labute approximate surface area is 245 Å². The number of rotatable bonds is 7. The Morgan fingerprint density at radius 1 is 1.19 bits per heavy atom. The third-order valence-corrected chi connectivity index (χ3v) is 8.17. The minimum absolute atomic E-state index is 0.0207. The number of pyridine rings is 1. The van der Waals surface area contributed by atoms with Gasteiger partial charge in [0.1, 0.15) is 17.0 Å². The van der Waals surface area contributed by atoms with Crippen LogP contribution in [0, 0.1) is 5.82 Å². The van der Waals surface area contributed by atoms with Gasteiger partial charge in [-0.1, -0.05) is 29.8 Å². The molecule has 0 spiro atoms. The number of ether oxygens (including phenoxy) is 4. The molecule has 1 saturated heterocycles. The van der Waals surface area contributed by atoms with E-state index in [2.05, 4.69) is 16.0 Å². The summed E-state index contributed by atoms with van der Waals surface area (Å²) in [7, 11) is 0. The number of hydrogen-bond donors (Lipinski definition) is 1. The van der Waals surface area contributed by atoms with Crippen molar-refractivity contribution < 1.29 is 33.2 Å². The molecule has 0 saturated carbocycles. The maximum Gasteiger partial charge on any atom is 0.335 e. The van der Waals surface area contributed by atoms with Crippen LogP contribution < -0.4 is 9.47 Å². The Hall–Kier alpha value is -3.99. The van der Waals surface area contributed by atoms with Crippen molar-refractivity contribution in [2.24, 2.45) is 0 Å². The summed E-state index contributed by atoms with van der Waals surface area (Å²) in [6.07, 6.45) is 5.37. The van der Waals surface area contributed by atoms with Crippen LogP contribution in [0.3, 0.4) is 0 Å². The standard InChI is InChI=1S/C31H27ClFN3O6/c1-31(26-8-6-19(32)14-34-26)41-25-4-2-3-22(29(25)42-31)17-5-7-20(40-16-17)13-27-35-28-23(33)11-18(30(37)38)12-24(28)36(27)15-21-9-10-39-21/h2-6,8,11-12,14,20-21H,7,9-10,13,15-16H2,1H3,(H,37,38)/t20-,21+,31+/m1/s1. The maximum atomic E-state index is 14.9. The minimum Gasteiger partial charge on any atom is -0.478 e. The molecule has 0 bridgehead atoms. The molecule has 0 unspecified atom stereocenters. The van der Waals surface area contributed by atoms with Crippen molar-refractivity contribution in [2.45, 2.75) is 50.7 Å². The zero-order valence-electron chi connectivity index (χ0n) is 22.7. The first-order valence-corrected chi connectivity index (χ1v) is 14.1. The molecule has 3 aliphatic rings. The second-order valence-corrected chi connectivity index (χ2v) is 11.2. The lowest BCUT2D eigenvalue weighted by Gasteiger charge is -2.28. The third kappa shape index (κ3) is 4.79. The van der Waals surface area contributed by atoms with E-state index < -0.39 is 17.6 Å². The summed E-state index contributed by atoms with van der Waals surface area (Å²) in [4.78, 5) is 20.6. The fraction of sp³-hybridized carbons (Fsp3) is 0.323. The first-order chi connectivity index (χ1) is 20.3. The number of para-hydroxylation sites is 1. The molecular formula is C31H27ClFN3O6. The van der Waals surface area contributed by atoms with Crippen molar-refractivity contribution >= 4 is 34.2 Å². The number of hydrogen-bond acceptors (Lipinski definition) is 7. The predicted octanol–water partition coefficient (Wildman–Crippen LogP) is 5.77. The third-order valence-electron chi connectivity index (χ3n) is 7.94. The molecule has 9 nitrogen and oxygen atoms in total. The van der Waals surface area contributed by atoms with Gasteiger partial charge < -0.3 is 28.6 Å². The minimum atomic E-state index is -1.19. The molecule has 3 aliphatic heterocycles. The van der Waals surface area contributed by atoms with E-state index in [0.29, 0.717) is 66.2 Å². The summed E-state index contributed by atoms with van der Waals surface area (Å²) in [6.45, 7) is 3.30. The van der Waals surface area contributed by atoms with Crippen molar-refractivity contribution in [2.75, 3.05) is 13.2 Å². The maximum absolute atomic E-state index is 14.9. The van der Waals surface area contributed by atoms with E-state index in [1.165, 1.54) is 6.07 Å². The molecule has 5 heterocycles. The Morgan fingerprint density at radius 3 is 2.74 bits per heavy atom. The number of fused-ring (bicyclic) bond motifs is 2. The van der Waals surface area contributed by atoms with Gasteiger partial charge in [-0.3, -0.25) is 4.98 Å². The normalized spacial score (nSPS) is 23.1. The zero-order valence-corrected chi connectivity index (χ0v) is 23.4. The molecule has 11 heteroatoms. The summed E-state index contributed by atoms with van der Waals surface area (Å²) in [5, 5.41) is 10.00. The van der Waals surface area contributed by atoms with Crippen molar-refractivity contribution in [3.63, 3.8) is 0 Å². The lowest BCUT2D eigenvalue weighted by Crippen LogP contribution is -2.32.